The molecule has 3 nitrogen and oxygen atoms in total. The second-order valence-electron chi connectivity index (χ2n) is 4.36. The summed E-state index contributed by atoms with van der Waals surface area (Å²) in [6, 6.07) is 0. The van der Waals surface area contributed by atoms with Crippen LogP contribution in [0, 0.1) is 5.92 Å². The van der Waals surface area contributed by atoms with E-state index in [0.717, 1.165) is 18.9 Å². The zero-order valence-corrected chi connectivity index (χ0v) is 9.76. The van der Waals surface area contributed by atoms with Crippen molar-refractivity contribution in [2.75, 3.05) is 19.7 Å². The highest BCUT2D eigenvalue weighted by Crippen LogP contribution is 2.27. The van der Waals surface area contributed by atoms with Crippen molar-refractivity contribution in [3.05, 3.63) is 0 Å². The highest BCUT2D eigenvalue weighted by molar-refractivity contribution is 5.71. The first-order valence-electron chi connectivity index (χ1n) is 6.19. The fraction of sp³-hybridized carbons (Fsp3) is 0.917. The average molecular weight is 213 g/mol. The van der Waals surface area contributed by atoms with Crippen LogP contribution in [0.3, 0.4) is 0 Å². The highest BCUT2D eigenvalue weighted by atomic mass is 16.5. The van der Waals surface area contributed by atoms with Gasteiger partial charge in [0, 0.05) is 0 Å². The van der Waals surface area contributed by atoms with Gasteiger partial charge in [0.1, 0.15) is 0 Å². The molecule has 0 aromatic carbocycles. The first kappa shape index (κ1) is 12.5. The number of hydrogen-bond acceptors (Lipinski definition) is 3. The van der Waals surface area contributed by atoms with Gasteiger partial charge in [0.15, 0.2) is 0 Å². The van der Waals surface area contributed by atoms with Gasteiger partial charge in [0.2, 0.25) is 0 Å². The van der Waals surface area contributed by atoms with Crippen LogP contribution in [-0.4, -0.2) is 25.7 Å². The molecule has 3 heteroatoms. The van der Waals surface area contributed by atoms with E-state index < -0.39 is 0 Å². The topological polar surface area (TPSA) is 38.3 Å². The third kappa shape index (κ3) is 7.37. The smallest absolute Gasteiger partial charge is 0.319 e. The second kappa shape index (κ2) is 7.69. The molecule has 1 aliphatic rings. The van der Waals surface area contributed by atoms with Gasteiger partial charge in [-0.2, -0.15) is 0 Å². The van der Waals surface area contributed by atoms with Crippen molar-refractivity contribution in [2.24, 2.45) is 5.92 Å². The van der Waals surface area contributed by atoms with Crippen LogP contribution in [-0.2, 0) is 9.53 Å². The van der Waals surface area contributed by atoms with Gasteiger partial charge in [-0.3, -0.25) is 4.79 Å². The van der Waals surface area contributed by atoms with E-state index in [9.17, 15) is 4.79 Å². The van der Waals surface area contributed by atoms with E-state index in [1.807, 2.05) is 0 Å². The number of nitrogens with one attached hydrogen (secondary N) is 1. The van der Waals surface area contributed by atoms with Crippen LogP contribution in [0.1, 0.15) is 45.4 Å². The summed E-state index contributed by atoms with van der Waals surface area (Å²) in [5, 5.41) is 3.12. The third-order valence-electron chi connectivity index (χ3n) is 2.66. The van der Waals surface area contributed by atoms with Crippen LogP contribution in [0.2, 0.25) is 0 Å². The Hall–Kier alpha value is -0.570. The molecule has 0 heterocycles. The Balaban J connectivity index is 1.80. The molecule has 0 unspecified atom stereocenters. The van der Waals surface area contributed by atoms with Gasteiger partial charge in [0.25, 0.3) is 0 Å². The van der Waals surface area contributed by atoms with Gasteiger partial charge in [-0.15, -0.1) is 0 Å². The fourth-order valence-corrected chi connectivity index (χ4v) is 1.47. The molecule has 88 valence electrons. The van der Waals surface area contributed by atoms with Crippen molar-refractivity contribution in [1.29, 1.82) is 0 Å². The maximum atomic E-state index is 11.2. The first-order chi connectivity index (χ1) is 7.33. The number of ether oxygens (including phenoxy) is 1. The van der Waals surface area contributed by atoms with Crippen LogP contribution in [0.15, 0.2) is 0 Å². The Morgan fingerprint density at radius 2 is 2.13 bits per heavy atom. The van der Waals surface area contributed by atoms with Gasteiger partial charge >= 0.3 is 5.97 Å². The van der Waals surface area contributed by atoms with Crippen molar-refractivity contribution in [3.8, 4) is 0 Å². The number of carbonyl (C=O) groups excluding carboxylic acids is 1. The van der Waals surface area contributed by atoms with Crippen LogP contribution in [0.5, 0.6) is 0 Å². The summed E-state index contributed by atoms with van der Waals surface area (Å²) in [4.78, 5) is 11.2. The molecule has 0 bridgehead atoms. The van der Waals surface area contributed by atoms with E-state index in [1.54, 1.807) is 0 Å². The Morgan fingerprint density at radius 1 is 1.33 bits per heavy atom. The van der Waals surface area contributed by atoms with E-state index >= 15 is 0 Å². The highest BCUT2D eigenvalue weighted by Gasteiger charge is 2.20. The second-order valence-corrected chi connectivity index (χ2v) is 4.36. The van der Waals surface area contributed by atoms with Crippen LogP contribution in [0.4, 0.5) is 0 Å². The van der Waals surface area contributed by atoms with Crippen molar-refractivity contribution < 1.29 is 9.53 Å². The Bertz CT molecular complexity index is 178. The fourth-order valence-electron chi connectivity index (χ4n) is 1.47. The SMILES string of the molecule is CCCCCCOC(=O)CNCC1CC1. The minimum atomic E-state index is -0.104. The number of rotatable bonds is 9. The summed E-state index contributed by atoms with van der Waals surface area (Å²) >= 11 is 0. The predicted octanol–water partition coefficient (Wildman–Crippen LogP) is 2.11. The molecule has 1 saturated carbocycles. The van der Waals surface area contributed by atoms with Gasteiger partial charge in [0.05, 0.1) is 13.2 Å². The standard InChI is InChI=1S/C12H23NO2/c1-2-3-4-5-8-15-12(14)10-13-9-11-6-7-11/h11,13H,2-10H2,1H3. The Kier molecular flexibility index (Phi) is 6.41. The molecular weight excluding hydrogens is 190 g/mol. The van der Waals surface area contributed by atoms with E-state index in [0.29, 0.717) is 13.2 Å². The monoisotopic (exact) mass is 213 g/mol. The first-order valence-corrected chi connectivity index (χ1v) is 6.19. The van der Waals surface area contributed by atoms with E-state index in [1.165, 1.54) is 32.1 Å². The van der Waals surface area contributed by atoms with Gasteiger partial charge < -0.3 is 10.1 Å². The normalized spacial score (nSPS) is 15.3. The number of carbonyl (C=O) groups is 1. The average Bonchev–Trinajstić information content (AvgIpc) is 3.01. The molecule has 1 aliphatic carbocycles. The lowest BCUT2D eigenvalue weighted by atomic mass is 10.2. The van der Waals surface area contributed by atoms with Crippen LogP contribution >= 0.6 is 0 Å². The Labute approximate surface area is 92.6 Å². The Morgan fingerprint density at radius 3 is 2.80 bits per heavy atom. The maximum Gasteiger partial charge on any atom is 0.319 e. The van der Waals surface area contributed by atoms with Crippen molar-refractivity contribution >= 4 is 5.97 Å². The molecular formula is C12H23NO2. The molecule has 0 radical (unpaired) electrons. The van der Waals surface area contributed by atoms with E-state index in [-0.39, 0.29) is 5.97 Å². The summed E-state index contributed by atoms with van der Waals surface area (Å²) in [7, 11) is 0. The molecule has 0 aliphatic heterocycles. The van der Waals surface area contributed by atoms with Crippen molar-refractivity contribution in [1.82, 2.24) is 5.32 Å². The third-order valence-corrected chi connectivity index (χ3v) is 2.66. The van der Waals surface area contributed by atoms with Gasteiger partial charge in [-0.05, 0) is 31.7 Å². The lowest BCUT2D eigenvalue weighted by Gasteiger charge is -2.05. The molecule has 15 heavy (non-hydrogen) atoms. The zero-order chi connectivity index (χ0) is 10.9. The minimum absolute atomic E-state index is 0.104. The minimum Gasteiger partial charge on any atom is -0.465 e. The van der Waals surface area contributed by atoms with Crippen molar-refractivity contribution in [3.63, 3.8) is 0 Å². The number of hydrogen-bond donors (Lipinski definition) is 1. The molecule has 0 atom stereocenters. The molecule has 0 aromatic heterocycles. The molecule has 0 amide bonds. The van der Waals surface area contributed by atoms with Crippen LogP contribution < -0.4 is 5.32 Å². The summed E-state index contributed by atoms with van der Waals surface area (Å²) in [6.45, 7) is 4.12. The summed E-state index contributed by atoms with van der Waals surface area (Å²) in [5.41, 5.74) is 0. The molecule has 1 fully saturated rings. The molecule has 1 rings (SSSR count). The largest absolute Gasteiger partial charge is 0.465 e. The van der Waals surface area contributed by atoms with Crippen LogP contribution in [0.25, 0.3) is 0 Å². The molecule has 0 spiro atoms. The van der Waals surface area contributed by atoms with E-state index in [4.69, 9.17) is 4.74 Å². The lowest BCUT2D eigenvalue weighted by molar-refractivity contribution is -0.142. The molecule has 1 N–H and O–H groups in total. The lowest BCUT2D eigenvalue weighted by Crippen LogP contribution is -2.26. The quantitative estimate of drug-likeness (QED) is 0.471. The summed E-state index contributed by atoms with van der Waals surface area (Å²) < 4.78 is 5.09. The molecule has 0 saturated heterocycles. The maximum absolute atomic E-state index is 11.2. The number of unbranched alkanes of at least 4 members (excludes halogenated alkanes) is 3. The van der Waals surface area contributed by atoms with Crippen molar-refractivity contribution in [2.45, 2.75) is 45.4 Å². The van der Waals surface area contributed by atoms with E-state index in [2.05, 4.69) is 12.2 Å². The number of esters is 1. The van der Waals surface area contributed by atoms with Gasteiger partial charge in [-0.25, -0.2) is 0 Å². The summed E-state index contributed by atoms with van der Waals surface area (Å²) in [5.74, 6) is 0.717. The molecule has 0 aromatic rings. The van der Waals surface area contributed by atoms with Gasteiger partial charge in [-0.1, -0.05) is 26.2 Å². The zero-order valence-electron chi connectivity index (χ0n) is 9.76. The predicted molar refractivity (Wildman–Crippen MR) is 60.7 cm³/mol. The summed E-state index contributed by atoms with van der Waals surface area (Å²) in [6.07, 6.45) is 7.26.